The van der Waals surface area contributed by atoms with Crippen LogP contribution in [0.4, 0.5) is 0 Å². The molecule has 19 heavy (non-hydrogen) atoms. The number of ether oxygens (including phenoxy) is 1. The molecule has 0 aliphatic heterocycles. The van der Waals surface area contributed by atoms with Gasteiger partial charge in [-0.1, -0.05) is 13.3 Å². The van der Waals surface area contributed by atoms with Crippen LogP contribution in [0.15, 0.2) is 0 Å². The standard InChI is InChI=1S/C10H22NO7P/c1-2-3-4-10(13)16-7-9(12)8-18-19(14,15)17-6-5-11/h9,12H,2-8,11H2,1H3,(H,14,15)/t9-/m1/s1. The molecule has 0 saturated carbocycles. The Morgan fingerprint density at radius 3 is 2.63 bits per heavy atom. The molecule has 0 aromatic rings. The molecule has 0 heterocycles. The van der Waals surface area contributed by atoms with Gasteiger partial charge in [-0.25, -0.2) is 4.57 Å². The molecule has 0 aromatic heterocycles. The maximum Gasteiger partial charge on any atom is 0.472 e. The monoisotopic (exact) mass is 299 g/mol. The summed E-state index contributed by atoms with van der Waals surface area (Å²) in [5.74, 6) is -0.424. The van der Waals surface area contributed by atoms with Crippen molar-refractivity contribution in [3.8, 4) is 0 Å². The second kappa shape index (κ2) is 10.3. The molecule has 0 rings (SSSR count). The van der Waals surface area contributed by atoms with Crippen molar-refractivity contribution >= 4 is 13.8 Å². The summed E-state index contributed by atoms with van der Waals surface area (Å²) < 4.78 is 24.9. The molecule has 4 N–H and O–H groups in total. The van der Waals surface area contributed by atoms with Gasteiger partial charge >= 0.3 is 13.8 Å². The van der Waals surface area contributed by atoms with Crippen molar-refractivity contribution in [3.05, 3.63) is 0 Å². The summed E-state index contributed by atoms with van der Waals surface area (Å²) in [5, 5.41) is 9.40. The minimum atomic E-state index is -4.21. The van der Waals surface area contributed by atoms with Gasteiger partial charge in [-0.3, -0.25) is 13.8 Å². The highest BCUT2D eigenvalue weighted by molar-refractivity contribution is 7.47. The maximum absolute atomic E-state index is 11.2. The third-order valence-electron chi connectivity index (χ3n) is 1.97. The average Bonchev–Trinajstić information content (AvgIpc) is 2.38. The molecule has 0 saturated heterocycles. The Labute approximate surface area is 112 Å². The van der Waals surface area contributed by atoms with Gasteiger partial charge in [0.2, 0.25) is 0 Å². The van der Waals surface area contributed by atoms with E-state index in [-0.39, 0.29) is 26.2 Å². The molecule has 0 fully saturated rings. The lowest BCUT2D eigenvalue weighted by Gasteiger charge is -2.15. The van der Waals surface area contributed by atoms with Crippen LogP contribution in [0.25, 0.3) is 0 Å². The van der Waals surface area contributed by atoms with Crippen LogP contribution in [0.2, 0.25) is 0 Å². The van der Waals surface area contributed by atoms with E-state index >= 15 is 0 Å². The van der Waals surface area contributed by atoms with Gasteiger partial charge in [-0.05, 0) is 6.42 Å². The van der Waals surface area contributed by atoms with Gasteiger partial charge in [0.05, 0.1) is 13.2 Å². The number of nitrogens with two attached hydrogens (primary N) is 1. The van der Waals surface area contributed by atoms with Crippen molar-refractivity contribution in [2.45, 2.75) is 32.3 Å². The van der Waals surface area contributed by atoms with Crippen molar-refractivity contribution in [2.24, 2.45) is 5.73 Å². The Balaban J connectivity index is 3.77. The van der Waals surface area contributed by atoms with E-state index in [0.717, 1.165) is 6.42 Å². The van der Waals surface area contributed by atoms with E-state index in [4.69, 9.17) is 15.4 Å². The number of aliphatic hydroxyl groups is 1. The number of hydrogen-bond acceptors (Lipinski definition) is 7. The number of phosphoric ester groups is 1. The summed E-state index contributed by atoms with van der Waals surface area (Å²) in [6, 6.07) is 0. The Bertz CT molecular complexity index is 300. The van der Waals surface area contributed by atoms with Gasteiger partial charge in [0, 0.05) is 13.0 Å². The molecule has 2 atom stereocenters. The van der Waals surface area contributed by atoms with Gasteiger partial charge < -0.3 is 20.5 Å². The molecular formula is C10H22NO7P. The number of phosphoric acid groups is 1. The fourth-order valence-electron chi connectivity index (χ4n) is 1.02. The largest absolute Gasteiger partial charge is 0.472 e. The zero-order chi connectivity index (χ0) is 14.7. The van der Waals surface area contributed by atoms with Crippen molar-refractivity contribution in [1.82, 2.24) is 0 Å². The van der Waals surface area contributed by atoms with Crippen molar-refractivity contribution in [2.75, 3.05) is 26.4 Å². The predicted octanol–water partition coefficient (Wildman–Crippen LogP) is 0.173. The zero-order valence-corrected chi connectivity index (χ0v) is 11.9. The smallest absolute Gasteiger partial charge is 0.463 e. The predicted molar refractivity (Wildman–Crippen MR) is 67.3 cm³/mol. The van der Waals surface area contributed by atoms with Gasteiger partial charge in [-0.15, -0.1) is 0 Å². The van der Waals surface area contributed by atoms with Gasteiger partial charge in [-0.2, -0.15) is 0 Å². The van der Waals surface area contributed by atoms with Gasteiger partial charge in [0.15, 0.2) is 0 Å². The topological polar surface area (TPSA) is 128 Å². The van der Waals surface area contributed by atoms with Crippen LogP contribution in [0.5, 0.6) is 0 Å². The van der Waals surface area contributed by atoms with Crippen LogP contribution in [0, 0.1) is 0 Å². The molecule has 8 nitrogen and oxygen atoms in total. The Hall–Kier alpha value is -0.500. The molecule has 9 heteroatoms. The van der Waals surface area contributed by atoms with Crippen molar-refractivity contribution < 1.29 is 33.1 Å². The molecular weight excluding hydrogens is 277 g/mol. The van der Waals surface area contributed by atoms with Crippen LogP contribution in [-0.2, 0) is 23.1 Å². The van der Waals surface area contributed by atoms with Crippen molar-refractivity contribution in [1.29, 1.82) is 0 Å². The Morgan fingerprint density at radius 2 is 2.05 bits per heavy atom. The van der Waals surface area contributed by atoms with Crippen LogP contribution in [0.3, 0.4) is 0 Å². The normalized spacial score (nSPS) is 15.8. The first-order chi connectivity index (χ1) is 8.91. The second-order valence-corrected chi connectivity index (χ2v) is 5.28. The first-order valence-corrected chi connectivity index (χ1v) is 7.56. The molecule has 0 aliphatic rings. The number of esters is 1. The molecule has 0 amide bonds. The minimum Gasteiger partial charge on any atom is -0.463 e. The lowest BCUT2D eigenvalue weighted by atomic mass is 10.2. The molecule has 0 radical (unpaired) electrons. The van der Waals surface area contributed by atoms with Crippen LogP contribution in [-0.4, -0.2) is 48.4 Å². The summed E-state index contributed by atoms with van der Waals surface area (Å²) in [5.41, 5.74) is 5.09. The number of aliphatic hydroxyl groups excluding tert-OH is 1. The highest BCUT2D eigenvalue weighted by atomic mass is 31.2. The molecule has 0 aliphatic carbocycles. The fourth-order valence-corrected chi connectivity index (χ4v) is 1.79. The molecule has 114 valence electrons. The van der Waals surface area contributed by atoms with Crippen LogP contribution < -0.4 is 5.73 Å². The van der Waals surface area contributed by atoms with Gasteiger partial charge in [0.25, 0.3) is 0 Å². The maximum atomic E-state index is 11.2. The third kappa shape index (κ3) is 11.1. The second-order valence-electron chi connectivity index (χ2n) is 3.83. The van der Waals surface area contributed by atoms with Crippen molar-refractivity contribution in [3.63, 3.8) is 0 Å². The van der Waals surface area contributed by atoms with E-state index < -0.39 is 26.5 Å². The molecule has 1 unspecified atom stereocenters. The summed E-state index contributed by atoms with van der Waals surface area (Å²) in [6.07, 6.45) is 0.673. The quantitative estimate of drug-likeness (QED) is 0.364. The van der Waals surface area contributed by atoms with Gasteiger partial charge in [0.1, 0.15) is 12.7 Å². The van der Waals surface area contributed by atoms with E-state index in [0.29, 0.717) is 6.42 Å². The summed E-state index contributed by atoms with van der Waals surface area (Å²) >= 11 is 0. The van der Waals surface area contributed by atoms with Crippen LogP contribution >= 0.6 is 7.82 Å². The SMILES string of the molecule is CCCCC(=O)OC[C@@H](O)COP(=O)(O)OCCN. The molecule has 0 aromatic carbocycles. The number of unbranched alkanes of at least 4 members (excludes halogenated alkanes) is 1. The van der Waals surface area contributed by atoms with E-state index in [1.165, 1.54) is 0 Å². The first kappa shape index (κ1) is 18.5. The number of hydrogen-bond donors (Lipinski definition) is 3. The minimum absolute atomic E-state index is 0.0749. The average molecular weight is 299 g/mol. The fraction of sp³-hybridized carbons (Fsp3) is 0.900. The Morgan fingerprint density at radius 1 is 1.37 bits per heavy atom. The molecule has 0 bridgehead atoms. The highest BCUT2D eigenvalue weighted by Crippen LogP contribution is 2.42. The van der Waals surface area contributed by atoms with Crippen LogP contribution in [0.1, 0.15) is 26.2 Å². The van der Waals surface area contributed by atoms with E-state index in [1.807, 2.05) is 6.92 Å². The molecule has 0 spiro atoms. The summed E-state index contributed by atoms with van der Waals surface area (Å²) in [6.45, 7) is 1.12. The highest BCUT2D eigenvalue weighted by Gasteiger charge is 2.22. The van der Waals surface area contributed by atoms with E-state index in [9.17, 15) is 14.5 Å². The number of carbonyl (C=O) groups is 1. The lowest BCUT2D eigenvalue weighted by molar-refractivity contribution is -0.147. The van der Waals surface area contributed by atoms with E-state index in [2.05, 4.69) is 9.05 Å². The van der Waals surface area contributed by atoms with E-state index in [1.54, 1.807) is 0 Å². The summed E-state index contributed by atoms with van der Waals surface area (Å²) in [7, 11) is -4.21. The zero-order valence-electron chi connectivity index (χ0n) is 11.0. The third-order valence-corrected chi connectivity index (χ3v) is 2.96. The number of carbonyl (C=O) groups excluding carboxylic acids is 1. The Kier molecular flexibility index (Phi) is 10.0. The first-order valence-electron chi connectivity index (χ1n) is 6.07. The summed E-state index contributed by atoms with van der Waals surface area (Å²) in [4.78, 5) is 20.3. The number of rotatable bonds is 11. The lowest BCUT2D eigenvalue weighted by Crippen LogP contribution is -2.23.